The zero-order chi connectivity index (χ0) is 19.4. The largest absolute Gasteiger partial charge is 0.310 e. The minimum Gasteiger partial charge on any atom is -0.310 e. The molecule has 0 aliphatic rings. The van der Waals surface area contributed by atoms with Crippen molar-refractivity contribution in [2.45, 2.75) is 44.8 Å². The molecule has 8 heteroatoms. The Kier molecular flexibility index (Phi) is 5.95. The van der Waals surface area contributed by atoms with Crippen LogP contribution in [-0.4, -0.2) is 36.2 Å². The van der Waals surface area contributed by atoms with Crippen LogP contribution in [0, 0.1) is 0 Å². The number of aromatic nitrogens is 5. The average Bonchev–Trinajstić information content (AvgIpc) is 3.27. The number of rotatable bonds is 7. The van der Waals surface area contributed by atoms with Crippen molar-refractivity contribution < 1.29 is 4.79 Å². The first-order chi connectivity index (χ1) is 13.0. The van der Waals surface area contributed by atoms with E-state index in [1.54, 1.807) is 16.9 Å². The first kappa shape index (κ1) is 19.2. The maximum Gasteiger partial charge on any atom is 0.235 e. The first-order valence-corrected chi connectivity index (χ1v) is 9.92. The Labute approximate surface area is 163 Å². The van der Waals surface area contributed by atoms with E-state index in [-0.39, 0.29) is 23.6 Å². The third-order valence-corrected chi connectivity index (χ3v) is 4.73. The maximum atomic E-state index is 12.3. The second-order valence-corrected chi connectivity index (χ2v) is 7.69. The third-order valence-electron chi connectivity index (χ3n) is 3.89. The van der Waals surface area contributed by atoms with Crippen LogP contribution in [0.15, 0.2) is 47.8 Å². The van der Waals surface area contributed by atoms with Crippen molar-refractivity contribution in [2.75, 3.05) is 11.1 Å². The number of amides is 1. The lowest BCUT2D eigenvalue weighted by atomic mass is 10.2. The van der Waals surface area contributed by atoms with Crippen molar-refractivity contribution in [1.82, 2.24) is 24.5 Å². The number of thioether (sulfide) groups is 1. The normalized spacial score (nSPS) is 11.3. The van der Waals surface area contributed by atoms with Gasteiger partial charge in [-0.1, -0.05) is 43.8 Å². The van der Waals surface area contributed by atoms with E-state index < -0.39 is 0 Å². The second-order valence-electron chi connectivity index (χ2n) is 6.75. The number of carbonyl (C=O) groups excluding carboxylic acids is 1. The van der Waals surface area contributed by atoms with Gasteiger partial charge in [-0.3, -0.25) is 4.79 Å². The van der Waals surface area contributed by atoms with Gasteiger partial charge in [0.1, 0.15) is 11.6 Å². The van der Waals surface area contributed by atoms with E-state index in [1.165, 1.54) is 11.8 Å². The molecule has 142 valence electrons. The molecule has 0 atom stereocenters. The van der Waals surface area contributed by atoms with Crippen LogP contribution < -0.4 is 5.32 Å². The third kappa shape index (κ3) is 4.57. The van der Waals surface area contributed by atoms with Crippen LogP contribution in [0.3, 0.4) is 0 Å². The maximum absolute atomic E-state index is 12.3. The van der Waals surface area contributed by atoms with Crippen LogP contribution in [0.2, 0.25) is 0 Å². The van der Waals surface area contributed by atoms with Crippen molar-refractivity contribution in [3.63, 3.8) is 0 Å². The number of hydrogen-bond acceptors (Lipinski definition) is 5. The van der Waals surface area contributed by atoms with Crippen LogP contribution in [0.5, 0.6) is 0 Å². The number of benzene rings is 1. The minimum absolute atomic E-state index is 0.107. The van der Waals surface area contributed by atoms with Crippen LogP contribution in [0.25, 0.3) is 5.69 Å². The van der Waals surface area contributed by atoms with E-state index in [4.69, 9.17) is 0 Å². The molecule has 0 spiro atoms. The second kappa shape index (κ2) is 8.39. The van der Waals surface area contributed by atoms with E-state index in [0.717, 1.165) is 11.5 Å². The lowest BCUT2D eigenvalue weighted by Gasteiger charge is -2.11. The molecule has 2 heterocycles. The van der Waals surface area contributed by atoms with Crippen molar-refractivity contribution in [2.24, 2.45) is 0 Å². The molecular formula is C19H24N6OS. The molecule has 0 bridgehead atoms. The molecule has 3 rings (SSSR count). The Balaban J connectivity index is 1.69. The summed E-state index contributed by atoms with van der Waals surface area (Å²) in [5.41, 5.74) is 0.964. The van der Waals surface area contributed by atoms with Crippen molar-refractivity contribution in [3.05, 3.63) is 48.4 Å². The smallest absolute Gasteiger partial charge is 0.235 e. The van der Waals surface area contributed by atoms with Gasteiger partial charge < -0.3 is 5.32 Å². The summed E-state index contributed by atoms with van der Waals surface area (Å²) in [6.45, 7) is 8.20. The standard InChI is InChI=1S/C19H24N6OS/c1-13(2)18-22-19(23-25(18)15-8-6-5-7-9-15)27-12-17(26)21-16-10-11-20-24(16)14(3)4/h5-11,13-14H,12H2,1-4H3,(H,21,26). The molecule has 2 aromatic heterocycles. The summed E-state index contributed by atoms with van der Waals surface area (Å²) >= 11 is 1.33. The Morgan fingerprint density at radius 2 is 1.89 bits per heavy atom. The van der Waals surface area contributed by atoms with E-state index in [0.29, 0.717) is 11.0 Å². The fourth-order valence-corrected chi connectivity index (χ4v) is 3.26. The van der Waals surface area contributed by atoms with E-state index in [1.807, 2.05) is 48.9 Å². The number of anilines is 1. The quantitative estimate of drug-likeness (QED) is 0.625. The van der Waals surface area contributed by atoms with Gasteiger partial charge >= 0.3 is 0 Å². The van der Waals surface area contributed by atoms with Gasteiger partial charge in [0, 0.05) is 18.0 Å². The highest BCUT2D eigenvalue weighted by Crippen LogP contribution is 2.22. The van der Waals surface area contributed by atoms with Gasteiger partial charge in [-0.25, -0.2) is 14.3 Å². The van der Waals surface area contributed by atoms with E-state index in [9.17, 15) is 4.79 Å². The average molecular weight is 385 g/mol. The molecule has 0 aliphatic carbocycles. The number of hydrogen-bond donors (Lipinski definition) is 1. The Morgan fingerprint density at radius 1 is 1.15 bits per heavy atom. The van der Waals surface area contributed by atoms with Gasteiger partial charge in [0.05, 0.1) is 17.6 Å². The summed E-state index contributed by atoms with van der Waals surface area (Å²) < 4.78 is 3.63. The van der Waals surface area contributed by atoms with Crippen molar-refractivity contribution in [1.29, 1.82) is 0 Å². The van der Waals surface area contributed by atoms with Crippen LogP contribution >= 0.6 is 11.8 Å². The summed E-state index contributed by atoms with van der Waals surface area (Å²) in [5.74, 6) is 1.92. The van der Waals surface area contributed by atoms with Gasteiger partial charge in [-0.2, -0.15) is 5.10 Å². The minimum atomic E-state index is -0.107. The zero-order valence-corrected chi connectivity index (χ0v) is 16.8. The molecule has 0 unspecified atom stereocenters. The number of para-hydroxylation sites is 1. The molecule has 27 heavy (non-hydrogen) atoms. The number of nitrogens with one attached hydrogen (secondary N) is 1. The van der Waals surface area contributed by atoms with E-state index in [2.05, 4.69) is 34.3 Å². The van der Waals surface area contributed by atoms with Gasteiger partial charge in [0.15, 0.2) is 0 Å². The fraction of sp³-hybridized carbons (Fsp3) is 0.368. The fourth-order valence-electron chi connectivity index (χ4n) is 2.63. The molecule has 1 aromatic carbocycles. The van der Waals surface area contributed by atoms with Gasteiger partial charge in [-0.05, 0) is 26.0 Å². The molecular weight excluding hydrogens is 360 g/mol. The summed E-state index contributed by atoms with van der Waals surface area (Å²) in [4.78, 5) is 16.9. The van der Waals surface area contributed by atoms with Gasteiger partial charge in [-0.15, -0.1) is 5.10 Å². The summed E-state index contributed by atoms with van der Waals surface area (Å²) in [7, 11) is 0. The molecule has 0 saturated heterocycles. The summed E-state index contributed by atoms with van der Waals surface area (Å²) in [5, 5.41) is 12.3. The van der Waals surface area contributed by atoms with Crippen LogP contribution in [-0.2, 0) is 4.79 Å². The molecule has 7 nitrogen and oxygen atoms in total. The monoisotopic (exact) mass is 384 g/mol. The predicted molar refractivity (Wildman–Crippen MR) is 107 cm³/mol. The van der Waals surface area contributed by atoms with Crippen molar-refractivity contribution in [3.8, 4) is 5.69 Å². The van der Waals surface area contributed by atoms with Gasteiger partial charge in [0.2, 0.25) is 11.1 Å². The van der Waals surface area contributed by atoms with Crippen molar-refractivity contribution >= 4 is 23.5 Å². The van der Waals surface area contributed by atoms with Crippen LogP contribution in [0.4, 0.5) is 5.82 Å². The zero-order valence-electron chi connectivity index (χ0n) is 16.0. The summed E-state index contributed by atoms with van der Waals surface area (Å²) in [6.07, 6.45) is 1.68. The van der Waals surface area contributed by atoms with E-state index >= 15 is 0 Å². The lowest BCUT2D eigenvalue weighted by molar-refractivity contribution is -0.113. The Hall–Kier alpha value is -2.61. The lowest BCUT2D eigenvalue weighted by Crippen LogP contribution is -2.18. The molecule has 0 radical (unpaired) electrons. The highest BCUT2D eigenvalue weighted by Gasteiger charge is 2.16. The first-order valence-electron chi connectivity index (χ1n) is 8.94. The Morgan fingerprint density at radius 3 is 2.56 bits per heavy atom. The van der Waals surface area contributed by atoms with Gasteiger partial charge in [0.25, 0.3) is 0 Å². The molecule has 1 amide bonds. The molecule has 0 saturated carbocycles. The van der Waals surface area contributed by atoms with Crippen LogP contribution in [0.1, 0.15) is 45.5 Å². The molecule has 0 aliphatic heterocycles. The molecule has 3 aromatic rings. The summed E-state index contributed by atoms with van der Waals surface area (Å²) in [6, 6.07) is 11.9. The highest BCUT2D eigenvalue weighted by atomic mass is 32.2. The molecule has 0 fully saturated rings. The highest BCUT2D eigenvalue weighted by molar-refractivity contribution is 7.99. The topological polar surface area (TPSA) is 77.6 Å². The molecule has 1 N–H and O–H groups in total. The SMILES string of the molecule is CC(C)c1nc(SCC(=O)Nc2ccnn2C(C)C)nn1-c1ccccc1. The number of nitrogens with zero attached hydrogens (tertiary/aromatic N) is 5. The Bertz CT molecular complexity index is 900. The number of carbonyl (C=O) groups is 1. The predicted octanol–water partition coefficient (Wildman–Crippen LogP) is 3.90.